The maximum absolute atomic E-state index is 13.5. The summed E-state index contributed by atoms with van der Waals surface area (Å²) in [6.45, 7) is 2.94. The van der Waals surface area contributed by atoms with Crippen molar-refractivity contribution in [3.8, 4) is 0 Å². The average molecular weight is 424 g/mol. The van der Waals surface area contributed by atoms with Gasteiger partial charge in [0.1, 0.15) is 11.4 Å². The lowest BCUT2D eigenvalue weighted by Crippen LogP contribution is -2.10. The molecule has 0 atom stereocenters. The molecule has 0 fully saturated rings. The minimum absolute atomic E-state index is 0.00674. The molecule has 0 aliphatic rings. The summed E-state index contributed by atoms with van der Waals surface area (Å²) in [6, 6.07) is 2.72. The molecule has 0 bridgehead atoms. The van der Waals surface area contributed by atoms with Crippen molar-refractivity contribution in [2.45, 2.75) is 32.9 Å². The van der Waals surface area contributed by atoms with Gasteiger partial charge in [0.2, 0.25) is 5.91 Å². The molecule has 0 spiro atoms. The summed E-state index contributed by atoms with van der Waals surface area (Å²) in [4.78, 5) is 27.3. The maximum Gasteiger partial charge on any atom is 0.419 e. The molecule has 2 N–H and O–H groups in total. The molecule has 2 aromatic heterocycles. The van der Waals surface area contributed by atoms with Crippen LogP contribution in [0.25, 0.3) is 5.65 Å². The van der Waals surface area contributed by atoms with E-state index in [4.69, 9.17) is 0 Å². The molecule has 3 aromatic rings. The van der Waals surface area contributed by atoms with E-state index in [1.807, 2.05) is 0 Å². The molecule has 0 aliphatic heterocycles. The van der Waals surface area contributed by atoms with Gasteiger partial charge in [-0.3, -0.25) is 4.79 Å². The summed E-state index contributed by atoms with van der Waals surface area (Å²) in [5.41, 5.74) is -0.551. The van der Waals surface area contributed by atoms with E-state index in [0.29, 0.717) is 17.7 Å². The van der Waals surface area contributed by atoms with Crippen LogP contribution in [0.5, 0.6) is 0 Å². The summed E-state index contributed by atoms with van der Waals surface area (Å²) in [7, 11) is 0. The highest BCUT2D eigenvalue weighted by Gasteiger charge is 2.34. The van der Waals surface area contributed by atoms with Gasteiger partial charge >= 0.3 is 12.1 Å². The quantitative estimate of drug-likeness (QED) is 0.609. The molecule has 11 heteroatoms. The lowest BCUT2D eigenvalue weighted by Gasteiger charge is -2.12. The Hall–Kier alpha value is -3.50. The van der Waals surface area contributed by atoms with Crippen LogP contribution in [0.4, 0.5) is 23.4 Å². The van der Waals surface area contributed by atoms with Crippen LogP contribution in [-0.4, -0.2) is 31.6 Å². The molecule has 0 aliphatic carbocycles. The van der Waals surface area contributed by atoms with E-state index in [0.717, 1.165) is 16.6 Å². The fourth-order valence-corrected chi connectivity index (χ4v) is 3.07. The average Bonchev–Trinajstić information content (AvgIpc) is 2.97. The molecule has 0 saturated heterocycles. The zero-order valence-corrected chi connectivity index (χ0v) is 15.8. The number of carboxylic acids is 1. The van der Waals surface area contributed by atoms with Gasteiger partial charge in [-0.15, -0.1) is 5.10 Å². The molecule has 3 rings (SSSR count). The predicted octanol–water partition coefficient (Wildman–Crippen LogP) is 3.70. The number of aryl methyl sites for hydroxylation is 1. The largest absolute Gasteiger partial charge is 0.477 e. The van der Waals surface area contributed by atoms with E-state index in [2.05, 4.69) is 15.4 Å². The van der Waals surface area contributed by atoms with E-state index >= 15 is 0 Å². The van der Waals surface area contributed by atoms with E-state index in [-0.39, 0.29) is 29.0 Å². The maximum atomic E-state index is 13.5. The fraction of sp³-hybridized carbons (Fsp3) is 0.263. The number of hydrogen-bond donors (Lipinski definition) is 2. The first-order valence-corrected chi connectivity index (χ1v) is 8.78. The zero-order chi connectivity index (χ0) is 22.2. The molecule has 1 aromatic carbocycles. The number of benzene rings is 1. The second kappa shape index (κ2) is 7.73. The van der Waals surface area contributed by atoms with Gasteiger partial charge in [0.05, 0.1) is 5.56 Å². The number of aromatic carboxylic acids is 1. The van der Waals surface area contributed by atoms with Gasteiger partial charge in [-0.1, -0.05) is 13.0 Å². The molecule has 0 radical (unpaired) electrons. The number of amides is 1. The third kappa shape index (κ3) is 4.09. The molecule has 1 amide bonds. The molecule has 0 unspecified atom stereocenters. The van der Waals surface area contributed by atoms with Crippen molar-refractivity contribution >= 4 is 23.3 Å². The van der Waals surface area contributed by atoms with Gasteiger partial charge in [-0.05, 0) is 29.7 Å². The van der Waals surface area contributed by atoms with Crippen LogP contribution in [-0.2, 0) is 23.8 Å². The Balaban J connectivity index is 2.11. The van der Waals surface area contributed by atoms with E-state index in [1.165, 1.54) is 19.2 Å². The number of nitrogens with one attached hydrogen (secondary N) is 1. The van der Waals surface area contributed by atoms with Gasteiger partial charge in [-0.25, -0.2) is 18.7 Å². The van der Waals surface area contributed by atoms with Crippen LogP contribution in [0.15, 0.2) is 24.4 Å². The molecule has 2 heterocycles. The van der Waals surface area contributed by atoms with Crippen LogP contribution in [0.2, 0.25) is 0 Å². The summed E-state index contributed by atoms with van der Waals surface area (Å²) >= 11 is 0. The lowest BCUT2D eigenvalue weighted by atomic mass is 10.0. The van der Waals surface area contributed by atoms with Crippen LogP contribution in [0.3, 0.4) is 0 Å². The van der Waals surface area contributed by atoms with Crippen molar-refractivity contribution in [3.05, 3.63) is 58.2 Å². The minimum Gasteiger partial charge on any atom is -0.477 e. The Bertz CT molecular complexity index is 1150. The number of carbonyl (C=O) groups excluding carboxylic acids is 1. The van der Waals surface area contributed by atoms with Gasteiger partial charge in [0.15, 0.2) is 11.5 Å². The van der Waals surface area contributed by atoms with Crippen molar-refractivity contribution in [1.82, 2.24) is 14.6 Å². The number of alkyl halides is 3. The van der Waals surface area contributed by atoms with Crippen LogP contribution in [0, 0.1) is 5.82 Å². The van der Waals surface area contributed by atoms with E-state index in [9.17, 15) is 32.3 Å². The molecule has 7 nitrogen and oxygen atoms in total. The fourth-order valence-electron chi connectivity index (χ4n) is 3.07. The Morgan fingerprint density at radius 3 is 2.53 bits per heavy atom. The first kappa shape index (κ1) is 21.2. The normalized spacial score (nSPS) is 11.7. The third-order valence-electron chi connectivity index (χ3n) is 4.35. The van der Waals surface area contributed by atoms with Crippen LogP contribution in [0.1, 0.15) is 46.6 Å². The summed E-state index contributed by atoms with van der Waals surface area (Å²) in [6.07, 6.45) is -3.04. The molecule has 0 saturated carbocycles. The van der Waals surface area contributed by atoms with Gasteiger partial charge < -0.3 is 10.4 Å². The van der Waals surface area contributed by atoms with Gasteiger partial charge in [0.25, 0.3) is 0 Å². The van der Waals surface area contributed by atoms with Crippen LogP contribution < -0.4 is 5.32 Å². The second-order valence-electron chi connectivity index (χ2n) is 6.53. The zero-order valence-electron chi connectivity index (χ0n) is 15.8. The first-order chi connectivity index (χ1) is 14.0. The van der Waals surface area contributed by atoms with E-state index in [1.54, 1.807) is 6.92 Å². The highest BCUT2D eigenvalue weighted by molar-refractivity contribution is 6.03. The first-order valence-electron chi connectivity index (χ1n) is 8.78. The number of carbonyl (C=O) groups is 2. The lowest BCUT2D eigenvalue weighted by molar-refractivity contribution is -0.140. The number of fused-ring (bicyclic) bond motifs is 1. The van der Waals surface area contributed by atoms with Gasteiger partial charge in [0, 0.05) is 25.2 Å². The Kier molecular flexibility index (Phi) is 5.47. The predicted molar refractivity (Wildman–Crippen MR) is 97.8 cm³/mol. The van der Waals surface area contributed by atoms with Crippen molar-refractivity contribution in [2.24, 2.45) is 0 Å². The van der Waals surface area contributed by atoms with E-state index < -0.39 is 29.4 Å². The monoisotopic (exact) mass is 424 g/mol. The number of rotatable bonds is 5. The van der Waals surface area contributed by atoms with Crippen molar-refractivity contribution in [1.29, 1.82) is 0 Å². The third-order valence-corrected chi connectivity index (χ3v) is 4.35. The minimum atomic E-state index is -4.83. The van der Waals surface area contributed by atoms with Crippen molar-refractivity contribution in [2.75, 3.05) is 5.32 Å². The highest BCUT2D eigenvalue weighted by atomic mass is 19.4. The summed E-state index contributed by atoms with van der Waals surface area (Å²) < 4.78 is 53.7. The Morgan fingerprint density at radius 1 is 1.27 bits per heavy atom. The summed E-state index contributed by atoms with van der Waals surface area (Å²) in [5, 5.41) is 15.8. The number of nitrogens with zero attached hydrogens (tertiary/aromatic N) is 3. The number of anilines is 1. The SMILES string of the molecule is CCc1nc2c(C(=O)O)c(NC(C)=O)nn2cc1Cc1ccc(F)c(C(F)(F)F)c1. The summed E-state index contributed by atoms with van der Waals surface area (Å²) in [5.74, 6) is -3.43. The van der Waals surface area contributed by atoms with Crippen LogP contribution >= 0.6 is 0 Å². The Labute approximate surface area is 167 Å². The van der Waals surface area contributed by atoms with Crippen molar-refractivity contribution < 1.29 is 32.3 Å². The number of carboxylic acid groups (broad SMARTS) is 1. The smallest absolute Gasteiger partial charge is 0.419 e. The molecule has 30 heavy (non-hydrogen) atoms. The molecular weight excluding hydrogens is 408 g/mol. The van der Waals surface area contributed by atoms with Gasteiger partial charge in [-0.2, -0.15) is 13.2 Å². The molecular formula is C19H16F4N4O3. The second-order valence-corrected chi connectivity index (χ2v) is 6.53. The van der Waals surface area contributed by atoms with Crippen molar-refractivity contribution in [3.63, 3.8) is 0 Å². The number of halogens is 4. The molecule has 158 valence electrons. The standard InChI is InChI=1S/C19H16F4N4O3/c1-3-14-11(6-10-4-5-13(20)12(7-10)19(21,22)23)8-27-17(25-14)15(18(29)30)16(26-27)24-9(2)28/h4-5,7-8H,3,6H2,1-2H3,(H,29,30)(H,24,26,28). The number of aromatic nitrogens is 3. The Morgan fingerprint density at radius 2 is 1.97 bits per heavy atom. The highest BCUT2D eigenvalue weighted by Crippen LogP contribution is 2.32. The number of hydrogen-bond acceptors (Lipinski definition) is 4. The topological polar surface area (TPSA) is 96.6 Å².